The van der Waals surface area contributed by atoms with Crippen molar-refractivity contribution < 1.29 is 27.5 Å². The van der Waals surface area contributed by atoms with Crippen LogP contribution in [0.25, 0.3) is 0 Å². The summed E-state index contributed by atoms with van der Waals surface area (Å²) in [4.78, 5) is 22.4. The normalized spacial score (nSPS) is 23.8. The molecule has 1 aliphatic heterocycles. The minimum atomic E-state index is -4.61. The lowest BCUT2D eigenvalue weighted by Gasteiger charge is -2.29. The standard InChI is InChI=1S/C10H15F3N2O3/c1-18-7(16)2-4-15-8(17)9(10(11,12)13)3-5-14-6-9/h14H,2-6H2,1H3,(H,15,17). The molecule has 1 atom stereocenters. The second kappa shape index (κ2) is 5.55. The van der Waals surface area contributed by atoms with E-state index in [4.69, 9.17) is 0 Å². The lowest BCUT2D eigenvalue weighted by molar-refractivity contribution is -0.215. The van der Waals surface area contributed by atoms with Crippen LogP contribution in [-0.4, -0.2) is 44.8 Å². The van der Waals surface area contributed by atoms with E-state index in [1.54, 1.807) is 0 Å². The Balaban J connectivity index is 2.60. The van der Waals surface area contributed by atoms with Gasteiger partial charge < -0.3 is 15.4 Å². The third-order valence-corrected chi connectivity index (χ3v) is 2.97. The molecule has 0 spiro atoms. The zero-order chi connectivity index (χ0) is 13.8. The van der Waals surface area contributed by atoms with E-state index in [2.05, 4.69) is 15.4 Å². The number of halogens is 3. The van der Waals surface area contributed by atoms with Gasteiger partial charge in [0, 0.05) is 13.1 Å². The van der Waals surface area contributed by atoms with Crippen LogP contribution in [-0.2, 0) is 14.3 Å². The molecule has 18 heavy (non-hydrogen) atoms. The average Bonchev–Trinajstić information content (AvgIpc) is 2.78. The van der Waals surface area contributed by atoms with Crippen molar-refractivity contribution in [2.24, 2.45) is 5.41 Å². The topological polar surface area (TPSA) is 67.4 Å². The lowest BCUT2D eigenvalue weighted by atomic mass is 9.85. The summed E-state index contributed by atoms with van der Waals surface area (Å²) in [5.41, 5.74) is -2.39. The summed E-state index contributed by atoms with van der Waals surface area (Å²) in [6.07, 6.45) is -5.05. The van der Waals surface area contributed by atoms with Gasteiger partial charge in [0.15, 0.2) is 5.41 Å². The van der Waals surface area contributed by atoms with E-state index in [0.29, 0.717) is 0 Å². The summed E-state index contributed by atoms with van der Waals surface area (Å²) in [6, 6.07) is 0. The molecule has 0 saturated carbocycles. The highest BCUT2D eigenvalue weighted by molar-refractivity contribution is 5.84. The molecule has 5 nitrogen and oxygen atoms in total. The van der Waals surface area contributed by atoms with Gasteiger partial charge >= 0.3 is 12.1 Å². The Morgan fingerprint density at radius 3 is 2.56 bits per heavy atom. The van der Waals surface area contributed by atoms with Gasteiger partial charge in [0.05, 0.1) is 13.5 Å². The quantitative estimate of drug-likeness (QED) is 0.715. The van der Waals surface area contributed by atoms with E-state index in [1.807, 2.05) is 0 Å². The first-order valence-corrected chi connectivity index (χ1v) is 5.46. The maximum atomic E-state index is 12.9. The molecule has 0 aromatic rings. The Bertz CT molecular complexity index is 325. The van der Waals surface area contributed by atoms with Crippen LogP contribution in [0.15, 0.2) is 0 Å². The molecular formula is C10H15F3N2O3. The third-order valence-electron chi connectivity index (χ3n) is 2.97. The predicted molar refractivity (Wildman–Crippen MR) is 55.6 cm³/mol. The summed E-state index contributed by atoms with van der Waals surface area (Å²) < 4.78 is 43.1. The van der Waals surface area contributed by atoms with E-state index in [9.17, 15) is 22.8 Å². The van der Waals surface area contributed by atoms with Crippen LogP contribution >= 0.6 is 0 Å². The van der Waals surface area contributed by atoms with Crippen LogP contribution in [0.5, 0.6) is 0 Å². The highest BCUT2D eigenvalue weighted by Gasteiger charge is 2.61. The summed E-state index contributed by atoms with van der Waals surface area (Å²) >= 11 is 0. The first kappa shape index (κ1) is 14.7. The van der Waals surface area contributed by atoms with Gasteiger partial charge in [0.1, 0.15) is 0 Å². The molecule has 0 bridgehead atoms. The van der Waals surface area contributed by atoms with Crippen molar-refractivity contribution in [2.75, 3.05) is 26.7 Å². The fraction of sp³-hybridized carbons (Fsp3) is 0.800. The van der Waals surface area contributed by atoms with Crippen LogP contribution in [0.1, 0.15) is 12.8 Å². The Hall–Kier alpha value is -1.31. The molecular weight excluding hydrogens is 253 g/mol. The van der Waals surface area contributed by atoms with Crippen molar-refractivity contribution >= 4 is 11.9 Å². The van der Waals surface area contributed by atoms with Gasteiger partial charge in [-0.05, 0) is 13.0 Å². The summed E-state index contributed by atoms with van der Waals surface area (Å²) in [6.45, 7) is -0.451. The van der Waals surface area contributed by atoms with Gasteiger partial charge in [-0.25, -0.2) is 0 Å². The second-order valence-electron chi connectivity index (χ2n) is 4.09. The zero-order valence-electron chi connectivity index (χ0n) is 9.89. The number of carbonyl (C=O) groups excluding carboxylic acids is 2. The van der Waals surface area contributed by atoms with E-state index in [1.165, 1.54) is 7.11 Å². The van der Waals surface area contributed by atoms with Crippen molar-refractivity contribution in [3.05, 3.63) is 0 Å². The summed E-state index contributed by atoms with van der Waals surface area (Å²) in [5.74, 6) is -1.68. The molecule has 0 aromatic carbocycles. The number of ether oxygens (including phenoxy) is 1. The minimum absolute atomic E-state index is 0.143. The highest BCUT2D eigenvalue weighted by atomic mass is 19.4. The van der Waals surface area contributed by atoms with Crippen LogP contribution < -0.4 is 10.6 Å². The van der Waals surface area contributed by atoms with Gasteiger partial charge in [-0.1, -0.05) is 0 Å². The van der Waals surface area contributed by atoms with E-state index < -0.39 is 30.0 Å². The summed E-state index contributed by atoms with van der Waals surface area (Å²) in [5, 5.41) is 4.68. The number of methoxy groups -OCH3 is 1. The molecule has 1 amide bonds. The first-order valence-electron chi connectivity index (χ1n) is 5.46. The molecule has 1 rings (SSSR count). The number of rotatable bonds is 4. The molecule has 0 aliphatic carbocycles. The maximum Gasteiger partial charge on any atom is 0.404 e. The Kier molecular flexibility index (Phi) is 4.55. The number of amides is 1. The molecule has 2 N–H and O–H groups in total. The smallest absolute Gasteiger partial charge is 0.404 e. The molecule has 8 heteroatoms. The number of carbonyl (C=O) groups is 2. The molecule has 1 saturated heterocycles. The zero-order valence-corrected chi connectivity index (χ0v) is 9.89. The van der Waals surface area contributed by atoms with Crippen molar-refractivity contribution in [1.82, 2.24) is 10.6 Å². The van der Waals surface area contributed by atoms with Crippen molar-refractivity contribution in [2.45, 2.75) is 19.0 Å². The number of esters is 1. The Morgan fingerprint density at radius 1 is 1.44 bits per heavy atom. The first-order chi connectivity index (χ1) is 8.33. The van der Waals surface area contributed by atoms with E-state index >= 15 is 0 Å². The fourth-order valence-corrected chi connectivity index (χ4v) is 1.81. The van der Waals surface area contributed by atoms with Crippen LogP contribution in [0, 0.1) is 5.41 Å². The van der Waals surface area contributed by atoms with Crippen LogP contribution in [0.2, 0.25) is 0 Å². The molecule has 1 heterocycles. The molecule has 1 unspecified atom stereocenters. The number of hydrogen-bond acceptors (Lipinski definition) is 4. The lowest BCUT2D eigenvalue weighted by Crippen LogP contribution is -2.52. The molecule has 0 aromatic heterocycles. The number of alkyl halides is 3. The number of nitrogens with one attached hydrogen (secondary N) is 2. The second-order valence-corrected chi connectivity index (χ2v) is 4.09. The maximum absolute atomic E-state index is 12.9. The van der Waals surface area contributed by atoms with Gasteiger partial charge in [0.2, 0.25) is 5.91 Å². The van der Waals surface area contributed by atoms with Gasteiger partial charge in [-0.2, -0.15) is 13.2 Å². The third kappa shape index (κ3) is 2.92. The Morgan fingerprint density at radius 2 is 2.11 bits per heavy atom. The molecule has 1 aliphatic rings. The Labute approximate surface area is 102 Å². The van der Waals surface area contributed by atoms with Gasteiger partial charge in [-0.3, -0.25) is 9.59 Å². The molecule has 1 fully saturated rings. The SMILES string of the molecule is COC(=O)CCNC(=O)C1(C(F)(F)F)CCNC1. The van der Waals surface area contributed by atoms with Crippen molar-refractivity contribution in [1.29, 1.82) is 0 Å². The highest BCUT2D eigenvalue weighted by Crippen LogP contribution is 2.43. The van der Waals surface area contributed by atoms with E-state index in [0.717, 1.165) is 0 Å². The minimum Gasteiger partial charge on any atom is -0.469 e. The summed E-state index contributed by atoms with van der Waals surface area (Å²) in [7, 11) is 1.17. The largest absolute Gasteiger partial charge is 0.469 e. The number of hydrogen-bond donors (Lipinski definition) is 2. The monoisotopic (exact) mass is 268 g/mol. The van der Waals surface area contributed by atoms with Crippen LogP contribution in [0.4, 0.5) is 13.2 Å². The van der Waals surface area contributed by atoms with Crippen molar-refractivity contribution in [3.63, 3.8) is 0 Å². The van der Waals surface area contributed by atoms with Gasteiger partial charge in [0.25, 0.3) is 0 Å². The molecule has 0 radical (unpaired) electrons. The fourth-order valence-electron chi connectivity index (χ4n) is 1.81. The molecule has 104 valence electrons. The van der Waals surface area contributed by atoms with E-state index in [-0.39, 0.29) is 25.9 Å². The van der Waals surface area contributed by atoms with Crippen molar-refractivity contribution in [3.8, 4) is 0 Å². The van der Waals surface area contributed by atoms with Gasteiger partial charge in [-0.15, -0.1) is 0 Å². The van der Waals surface area contributed by atoms with Crippen LogP contribution in [0.3, 0.4) is 0 Å². The average molecular weight is 268 g/mol. The predicted octanol–water partition coefficient (Wildman–Crippen LogP) is 0.208.